The summed E-state index contributed by atoms with van der Waals surface area (Å²) < 4.78 is 5.09. The van der Waals surface area contributed by atoms with Crippen LogP contribution in [0.2, 0.25) is 0 Å². The highest BCUT2D eigenvalue weighted by Gasteiger charge is 2.47. The molecule has 0 aromatic heterocycles. The molecule has 2 bridgehead atoms. The van der Waals surface area contributed by atoms with Crippen molar-refractivity contribution in [3.8, 4) is 0 Å². The van der Waals surface area contributed by atoms with E-state index in [-0.39, 0.29) is 23.4 Å². The van der Waals surface area contributed by atoms with Crippen molar-refractivity contribution in [3.05, 3.63) is 11.5 Å². The van der Waals surface area contributed by atoms with Crippen molar-refractivity contribution in [2.45, 2.75) is 19.8 Å². The summed E-state index contributed by atoms with van der Waals surface area (Å²) in [5.41, 5.74) is 0.0275. The van der Waals surface area contributed by atoms with E-state index in [1.165, 1.54) is 12.0 Å². The summed E-state index contributed by atoms with van der Waals surface area (Å²) in [5, 5.41) is 9.10. The SMILES string of the molecule is CC[C@@H]1C(=O)N2C[C@@H]1CC(OC)=C2C(=O)O. The molecule has 88 valence electrons. The van der Waals surface area contributed by atoms with Crippen molar-refractivity contribution in [1.29, 1.82) is 0 Å². The first-order chi connectivity index (χ1) is 7.60. The number of hydrogen-bond acceptors (Lipinski definition) is 3. The highest BCUT2D eigenvalue weighted by molar-refractivity contribution is 5.95. The van der Waals surface area contributed by atoms with Gasteiger partial charge in [-0.2, -0.15) is 0 Å². The fraction of sp³-hybridized carbons (Fsp3) is 0.636. The molecule has 1 fully saturated rings. The molecule has 0 unspecified atom stereocenters. The van der Waals surface area contributed by atoms with Crippen LogP contribution in [-0.4, -0.2) is 35.5 Å². The van der Waals surface area contributed by atoms with Gasteiger partial charge in [0.1, 0.15) is 5.76 Å². The van der Waals surface area contributed by atoms with E-state index in [1.807, 2.05) is 6.92 Å². The number of carbonyl (C=O) groups is 2. The van der Waals surface area contributed by atoms with E-state index in [4.69, 9.17) is 9.84 Å². The number of carbonyl (C=O) groups excluding carboxylic acids is 1. The second kappa shape index (κ2) is 3.81. The molecule has 0 aromatic rings. The Labute approximate surface area is 93.7 Å². The maximum absolute atomic E-state index is 12.0. The quantitative estimate of drug-likeness (QED) is 0.772. The summed E-state index contributed by atoms with van der Waals surface area (Å²) in [6.07, 6.45) is 1.31. The molecule has 2 rings (SSSR count). The van der Waals surface area contributed by atoms with Crippen molar-refractivity contribution in [3.63, 3.8) is 0 Å². The number of carboxylic acid groups (broad SMARTS) is 1. The molecule has 16 heavy (non-hydrogen) atoms. The first kappa shape index (κ1) is 11.0. The predicted octanol–water partition coefficient (Wildman–Crippen LogP) is 0.817. The summed E-state index contributed by atoms with van der Waals surface area (Å²) in [7, 11) is 1.45. The average Bonchev–Trinajstić information content (AvgIpc) is 2.50. The second-order valence-corrected chi connectivity index (χ2v) is 4.21. The number of rotatable bonds is 3. The highest BCUT2D eigenvalue weighted by atomic mass is 16.5. The first-order valence-corrected chi connectivity index (χ1v) is 5.42. The fourth-order valence-corrected chi connectivity index (χ4v) is 2.67. The number of nitrogens with zero attached hydrogens (tertiary/aromatic N) is 1. The zero-order chi connectivity index (χ0) is 11.9. The minimum absolute atomic E-state index is 0.0275. The van der Waals surface area contributed by atoms with Crippen molar-refractivity contribution in [1.82, 2.24) is 4.90 Å². The minimum atomic E-state index is -1.08. The lowest BCUT2D eigenvalue weighted by Gasteiger charge is -2.25. The molecular formula is C11H15NO4. The lowest BCUT2D eigenvalue weighted by Crippen LogP contribution is -2.33. The molecule has 0 radical (unpaired) electrons. The molecule has 1 N–H and O–H groups in total. The normalized spacial score (nSPS) is 28.6. The molecule has 0 aliphatic carbocycles. The number of methoxy groups -OCH3 is 1. The number of carboxylic acids is 1. The van der Waals surface area contributed by atoms with Gasteiger partial charge in [-0.05, 0) is 12.3 Å². The van der Waals surface area contributed by atoms with E-state index in [0.29, 0.717) is 18.7 Å². The topological polar surface area (TPSA) is 66.8 Å². The Hall–Kier alpha value is -1.52. The lowest BCUT2D eigenvalue weighted by atomic mass is 9.89. The van der Waals surface area contributed by atoms with Gasteiger partial charge in [0.2, 0.25) is 5.91 Å². The zero-order valence-corrected chi connectivity index (χ0v) is 9.40. The highest BCUT2D eigenvalue weighted by Crippen LogP contribution is 2.40. The smallest absolute Gasteiger partial charge is 0.356 e. The Morgan fingerprint density at radius 1 is 1.62 bits per heavy atom. The second-order valence-electron chi connectivity index (χ2n) is 4.21. The van der Waals surface area contributed by atoms with Crippen LogP contribution in [0.15, 0.2) is 11.5 Å². The molecule has 1 amide bonds. The Balaban J connectivity index is 2.40. The maximum atomic E-state index is 12.0. The van der Waals surface area contributed by atoms with Gasteiger partial charge in [-0.1, -0.05) is 6.92 Å². The fourth-order valence-electron chi connectivity index (χ4n) is 2.67. The van der Waals surface area contributed by atoms with E-state index >= 15 is 0 Å². The monoisotopic (exact) mass is 225 g/mol. The summed E-state index contributed by atoms with van der Waals surface area (Å²) in [4.78, 5) is 24.5. The predicted molar refractivity (Wildman–Crippen MR) is 55.3 cm³/mol. The standard InChI is InChI=1S/C11H15NO4/c1-3-7-6-4-8(16-2)9(11(14)15)12(5-6)10(7)13/h6-7H,3-5H2,1-2H3,(H,14,15)/t6-,7-/m0/s1. The van der Waals surface area contributed by atoms with Crippen LogP contribution in [0.4, 0.5) is 0 Å². The van der Waals surface area contributed by atoms with Gasteiger partial charge in [0.25, 0.3) is 0 Å². The number of allylic oxidation sites excluding steroid dienone is 1. The molecule has 0 spiro atoms. The number of ether oxygens (including phenoxy) is 1. The molecular weight excluding hydrogens is 210 g/mol. The van der Waals surface area contributed by atoms with Crippen LogP contribution in [0, 0.1) is 11.8 Å². The van der Waals surface area contributed by atoms with Crippen LogP contribution in [-0.2, 0) is 14.3 Å². The van der Waals surface area contributed by atoms with Crippen LogP contribution >= 0.6 is 0 Å². The van der Waals surface area contributed by atoms with E-state index in [1.54, 1.807) is 0 Å². The van der Waals surface area contributed by atoms with E-state index < -0.39 is 5.97 Å². The largest absolute Gasteiger partial charge is 0.499 e. The third-order valence-corrected chi connectivity index (χ3v) is 3.44. The third kappa shape index (κ3) is 1.38. The summed E-state index contributed by atoms with van der Waals surface area (Å²) >= 11 is 0. The maximum Gasteiger partial charge on any atom is 0.356 e. The van der Waals surface area contributed by atoms with Crippen LogP contribution in [0.3, 0.4) is 0 Å². The minimum Gasteiger partial charge on any atom is -0.499 e. The van der Waals surface area contributed by atoms with Gasteiger partial charge in [-0.3, -0.25) is 4.79 Å². The number of aliphatic carboxylic acids is 1. The first-order valence-electron chi connectivity index (χ1n) is 5.42. The Bertz CT molecular complexity index is 374. The molecule has 2 aliphatic rings. The van der Waals surface area contributed by atoms with Crippen molar-refractivity contribution in [2.24, 2.45) is 11.8 Å². The van der Waals surface area contributed by atoms with Gasteiger partial charge in [0.05, 0.1) is 7.11 Å². The van der Waals surface area contributed by atoms with Gasteiger partial charge in [0, 0.05) is 18.9 Å². The molecule has 2 heterocycles. The zero-order valence-electron chi connectivity index (χ0n) is 9.40. The molecule has 1 saturated heterocycles. The van der Waals surface area contributed by atoms with Crippen molar-refractivity contribution < 1.29 is 19.4 Å². The molecule has 2 aliphatic heterocycles. The molecule has 0 aromatic carbocycles. The number of hydrogen-bond donors (Lipinski definition) is 1. The van der Waals surface area contributed by atoms with Crippen LogP contribution in [0.1, 0.15) is 19.8 Å². The Morgan fingerprint density at radius 2 is 2.31 bits per heavy atom. The third-order valence-electron chi connectivity index (χ3n) is 3.44. The molecule has 0 saturated carbocycles. The van der Waals surface area contributed by atoms with Gasteiger partial charge in [-0.25, -0.2) is 4.79 Å². The van der Waals surface area contributed by atoms with Gasteiger partial charge in [-0.15, -0.1) is 0 Å². The Kier molecular flexibility index (Phi) is 2.61. The van der Waals surface area contributed by atoms with Gasteiger partial charge < -0.3 is 14.7 Å². The summed E-state index contributed by atoms with van der Waals surface area (Å²) in [6, 6.07) is 0. The van der Waals surface area contributed by atoms with E-state index in [2.05, 4.69) is 0 Å². The van der Waals surface area contributed by atoms with Crippen LogP contribution in [0.5, 0.6) is 0 Å². The number of amides is 1. The molecule has 2 atom stereocenters. The van der Waals surface area contributed by atoms with E-state index in [0.717, 1.165) is 6.42 Å². The summed E-state index contributed by atoms with van der Waals surface area (Å²) in [5.74, 6) is -0.581. The lowest BCUT2D eigenvalue weighted by molar-refractivity contribution is -0.139. The Morgan fingerprint density at radius 3 is 2.81 bits per heavy atom. The average molecular weight is 225 g/mol. The number of fused-ring (bicyclic) bond motifs is 2. The van der Waals surface area contributed by atoms with Crippen LogP contribution < -0.4 is 0 Å². The van der Waals surface area contributed by atoms with E-state index in [9.17, 15) is 9.59 Å². The van der Waals surface area contributed by atoms with Crippen LogP contribution in [0.25, 0.3) is 0 Å². The molecule has 5 heteroatoms. The van der Waals surface area contributed by atoms with Crippen molar-refractivity contribution >= 4 is 11.9 Å². The summed E-state index contributed by atoms with van der Waals surface area (Å²) in [6.45, 7) is 2.48. The van der Waals surface area contributed by atoms with Gasteiger partial charge in [0.15, 0.2) is 5.70 Å². The van der Waals surface area contributed by atoms with Gasteiger partial charge >= 0.3 is 5.97 Å². The molecule has 5 nitrogen and oxygen atoms in total. The van der Waals surface area contributed by atoms with Crippen molar-refractivity contribution in [2.75, 3.05) is 13.7 Å².